The van der Waals surface area contributed by atoms with E-state index in [1.54, 1.807) is 12.1 Å². The number of benzene rings is 1. The molecule has 3 aromatic rings. The van der Waals surface area contributed by atoms with Crippen LogP contribution in [0.15, 0.2) is 22.9 Å². The lowest BCUT2D eigenvalue weighted by atomic mass is 10.0. The minimum atomic E-state index is -1.32. The second-order valence-corrected chi connectivity index (χ2v) is 10.1. The Morgan fingerprint density at radius 3 is 1.28 bits per heavy atom. The molecule has 0 unspecified atom stereocenters. The molecule has 0 spiro atoms. The van der Waals surface area contributed by atoms with Crippen molar-refractivity contribution in [3.05, 3.63) is 57.3 Å². The lowest BCUT2D eigenvalue weighted by Crippen LogP contribution is -2.02. The van der Waals surface area contributed by atoms with Gasteiger partial charge in [0.15, 0.2) is 23.3 Å². The maximum Gasteiger partial charge on any atom is 0.171 e. The Labute approximate surface area is 196 Å². The maximum atomic E-state index is 15.0. The van der Waals surface area contributed by atoms with Gasteiger partial charge >= 0.3 is 0 Å². The van der Waals surface area contributed by atoms with Crippen molar-refractivity contribution in [2.75, 3.05) is 0 Å². The molecule has 0 bridgehead atoms. The summed E-state index contributed by atoms with van der Waals surface area (Å²) in [5.41, 5.74) is 0.668. The van der Waals surface area contributed by atoms with E-state index in [1.807, 2.05) is 10.8 Å². The first-order valence-electron chi connectivity index (χ1n) is 11.5. The quantitative estimate of drug-likeness (QED) is 0.137. The summed E-state index contributed by atoms with van der Waals surface area (Å²) in [6.45, 7) is 4.26. The average Bonchev–Trinajstić information content (AvgIpc) is 3.43. The molecule has 1 aromatic carbocycles. The number of hydrogen-bond donors (Lipinski definition) is 0. The molecule has 0 atom stereocenters. The zero-order chi connectivity index (χ0) is 23.1. The minimum absolute atomic E-state index is 0.220. The van der Waals surface area contributed by atoms with Gasteiger partial charge in [0.25, 0.3) is 0 Å². The van der Waals surface area contributed by atoms with E-state index in [9.17, 15) is 17.6 Å². The first-order chi connectivity index (χ1) is 15.5. The third-order valence-corrected chi connectivity index (χ3v) is 7.69. The van der Waals surface area contributed by atoms with Crippen LogP contribution in [-0.2, 0) is 12.8 Å². The van der Waals surface area contributed by atoms with E-state index in [1.165, 1.54) is 0 Å². The van der Waals surface area contributed by atoms with Gasteiger partial charge in [-0.1, -0.05) is 52.4 Å². The van der Waals surface area contributed by atoms with Crippen molar-refractivity contribution in [3.8, 4) is 20.9 Å². The highest BCUT2D eigenvalue weighted by Gasteiger charge is 2.28. The van der Waals surface area contributed by atoms with E-state index >= 15 is 0 Å². The van der Waals surface area contributed by atoms with Crippen molar-refractivity contribution in [1.29, 1.82) is 0 Å². The third-order valence-electron chi connectivity index (χ3n) is 5.70. The van der Waals surface area contributed by atoms with Gasteiger partial charge in [0, 0.05) is 9.75 Å². The molecule has 0 saturated carbocycles. The van der Waals surface area contributed by atoms with Crippen LogP contribution in [0, 0.1) is 23.3 Å². The topological polar surface area (TPSA) is 0 Å². The van der Waals surface area contributed by atoms with Crippen LogP contribution in [0.4, 0.5) is 17.6 Å². The largest absolute Gasteiger partial charge is 0.203 e. The van der Waals surface area contributed by atoms with Crippen LogP contribution in [0.2, 0.25) is 0 Å². The number of halogens is 4. The SMILES string of the molecule is CCCCCCc1csc(-c2c(F)c(F)c(-c3cc(CCCCCC)cs3)c(F)c2F)c1. The van der Waals surface area contributed by atoms with Gasteiger partial charge in [-0.2, -0.15) is 0 Å². The van der Waals surface area contributed by atoms with Crippen LogP contribution < -0.4 is 0 Å². The summed E-state index contributed by atoms with van der Waals surface area (Å²) < 4.78 is 59.8. The van der Waals surface area contributed by atoms with Gasteiger partial charge in [-0.05, 0) is 59.7 Å². The molecule has 3 rings (SSSR count). The fourth-order valence-corrected chi connectivity index (χ4v) is 5.81. The maximum absolute atomic E-state index is 15.0. The Morgan fingerprint density at radius 1 is 0.562 bits per heavy atom. The lowest BCUT2D eigenvalue weighted by Gasteiger charge is -2.10. The van der Waals surface area contributed by atoms with Crippen molar-refractivity contribution in [1.82, 2.24) is 0 Å². The van der Waals surface area contributed by atoms with Crippen LogP contribution in [0.1, 0.15) is 76.3 Å². The summed E-state index contributed by atoms with van der Waals surface area (Å²) in [5, 5.41) is 3.63. The van der Waals surface area contributed by atoms with E-state index < -0.39 is 34.4 Å². The minimum Gasteiger partial charge on any atom is -0.203 e. The molecule has 0 radical (unpaired) electrons. The summed E-state index contributed by atoms with van der Waals surface area (Å²) >= 11 is 2.24. The first kappa shape index (κ1) is 25.0. The molecular weight excluding hydrogens is 452 g/mol. The third kappa shape index (κ3) is 5.82. The summed E-state index contributed by atoms with van der Waals surface area (Å²) in [4.78, 5) is 0.440. The Hall–Kier alpha value is -1.66. The van der Waals surface area contributed by atoms with E-state index in [0.717, 1.165) is 98.0 Å². The molecular formula is C26H30F4S2. The highest BCUT2D eigenvalue weighted by atomic mass is 32.1. The van der Waals surface area contributed by atoms with E-state index in [0.29, 0.717) is 0 Å². The van der Waals surface area contributed by atoms with Crippen LogP contribution in [0.3, 0.4) is 0 Å². The van der Waals surface area contributed by atoms with Crippen LogP contribution in [-0.4, -0.2) is 0 Å². The average molecular weight is 483 g/mol. The second kappa shape index (κ2) is 12.0. The molecule has 0 aliphatic heterocycles. The second-order valence-electron chi connectivity index (χ2n) is 8.27. The number of unbranched alkanes of at least 4 members (excludes halogenated alkanes) is 6. The molecule has 0 aliphatic rings. The predicted molar refractivity (Wildman–Crippen MR) is 129 cm³/mol. The Kier molecular flexibility index (Phi) is 9.35. The van der Waals surface area contributed by atoms with E-state index in [-0.39, 0.29) is 9.75 Å². The van der Waals surface area contributed by atoms with E-state index in [2.05, 4.69) is 13.8 Å². The number of thiophene rings is 2. The van der Waals surface area contributed by atoms with Crippen LogP contribution in [0.5, 0.6) is 0 Å². The predicted octanol–water partition coefficient (Wildman–Crippen LogP) is 9.95. The number of rotatable bonds is 12. The van der Waals surface area contributed by atoms with Crippen molar-refractivity contribution < 1.29 is 17.6 Å². The molecule has 2 heterocycles. The molecule has 0 fully saturated rings. The van der Waals surface area contributed by atoms with Gasteiger partial charge in [0.1, 0.15) is 0 Å². The number of aryl methyl sites for hydroxylation is 2. The lowest BCUT2D eigenvalue weighted by molar-refractivity contribution is 0.463. The fraction of sp³-hybridized carbons (Fsp3) is 0.462. The van der Waals surface area contributed by atoms with Crippen LogP contribution >= 0.6 is 22.7 Å². The zero-order valence-electron chi connectivity index (χ0n) is 18.7. The monoisotopic (exact) mass is 482 g/mol. The molecule has 32 heavy (non-hydrogen) atoms. The molecule has 0 nitrogen and oxygen atoms in total. The van der Waals surface area contributed by atoms with Crippen molar-refractivity contribution in [2.24, 2.45) is 0 Å². The molecule has 6 heteroatoms. The standard InChI is InChI=1S/C26H30F4S2/c1-3-5-7-9-11-17-13-19(31-15-17)21-23(27)25(29)22(26(30)24(21)28)20-14-18(16-32-20)12-10-8-6-4-2/h13-16H,3-12H2,1-2H3. The summed E-state index contributed by atoms with van der Waals surface area (Å²) in [6.07, 6.45) is 10.3. The van der Waals surface area contributed by atoms with Gasteiger partial charge in [-0.25, -0.2) is 17.6 Å². The summed E-state index contributed by atoms with van der Waals surface area (Å²) in [6, 6.07) is 3.30. The summed E-state index contributed by atoms with van der Waals surface area (Å²) in [7, 11) is 0. The van der Waals surface area contributed by atoms with Crippen molar-refractivity contribution in [2.45, 2.75) is 78.1 Å². The van der Waals surface area contributed by atoms with Crippen molar-refractivity contribution >= 4 is 22.7 Å². The smallest absolute Gasteiger partial charge is 0.171 e. The van der Waals surface area contributed by atoms with Gasteiger partial charge in [0.2, 0.25) is 0 Å². The fourth-order valence-electron chi connectivity index (χ4n) is 3.85. The Balaban J connectivity index is 1.84. The van der Waals surface area contributed by atoms with Gasteiger partial charge < -0.3 is 0 Å². The highest BCUT2D eigenvalue weighted by Crippen LogP contribution is 2.41. The molecule has 0 amide bonds. The Bertz CT molecular complexity index is 909. The normalized spacial score (nSPS) is 11.4. The highest BCUT2D eigenvalue weighted by molar-refractivity contribution is 7.14. The zero-order valence-corrected chi connectivity index (χ0v) is 20.3. The Morgan fingerprint density at radius 2 is 0.938 bits per heavy atom. The van der Waals surface area contributed by atoms with Gasteiger partial charge in [0.05, 0.1) is 11.1 Å². The van der Waals surface area contributed by atoms with Gasteiger partial charge in [-0.15, -0.1) is 22.7 Å². The molecule has 0 N–H and O–H groups in total. The molecule has 174 valence electrons. The van der Waals surface area contributed by atoms with Crippen molar-refractivity contribution in [3.63, 3.8) is 0 Å². The molecule has 0 saturated heterocycles. The molecule has 2 aromatic heterocycles. The molecule has 0 aliphatic carbocycles. The summed E-state index contributed by atoms with van der Waals surface area (Å²) in [5.74, 6) is -5.29. The number of hydrogen-bond acceptors (Lipinski definition) is 2. The van der Waals surface area contributed by atoms with Crippen LogP contribution in [0.25, 0.3) is 20.9 Å². The van der Waals surface area contributed by atoms with Gasteiger partial charge in [-0.3, -0.25) is 0 Å². The first-order valence-corrected chi connectivity index (χ1v) is 13.2. The van der Waals surface area contributed by atoms with E-state index in [4.69, 9.17) is 0 Å².